The van der Waals surface area contributed by atoms with Gasteiger partial charge >= 0.3 is 0 Å². The Balaban J connectivity index is 2.47. The first-order valence-electron chi connectivity index (χ1n) is 4.40. The van der Waals surface area contributed by atoms with E-state index < -0.39 is 0 Å². The summed E-state index contributed by atoms with van der Waals surface area (Å²) >= 11 is 0. The number of nitrogens with zero attached hydrogens (tertiary/aromatic N) is 4. The summed E-state index contributed by atoms with van der Waals surface area (Å²) in [4.78, 5) is 2.05. The topological polar surface area (TPSA) is 59.5 Å². The highest BCUT2D eigenvalue weighted by molar-refractivity contribution is 5.51. The summed E-state index contributed by atoms with van der Waals surface area (Å²) in [6.07, 6.45) is 1.89. The number of fused-ring (bicyclic) bond motifs is 1. The Morgan fingerprint density at radius 1 is 1.43 bits per heavy atom. The van der Waals surface area contributed by atoms with E-state index in [1.807, 2.05) is 41.7 Å². The van der Waals surface area contributed by atoms with Crippen LogP contribution in [0.15, 0.2) is 18.3 Å². The molecule has 0 radical (unpaired) electrons. The molecule has 0 aromatic carbocycles. The molecule has 74 valence electrons. The average molecular weight is 191 g/mol. The van der Waals surface area contributed by atoms with Crippen molar-refractivity contribution in [2.45, 2.75) is 6.54 Å². The molecule has 0 aliphatic heterocycles. The second-order valence-corrected chi connectivity index (χ2v) is 3.54. The molecule has 0 atom stereocenters. The van der Waals surface area contributed by atoms with Gasteiger partial charge in [0.15, 0.2) is 11.5 Å². The van der Waals surface area contributed by atoms with Crippen LogP contribution in [0.4, 0.5) is 5.69 Å². The lowest BCUT2D eigenvalue weighted by atomic mass is 10.4. The van der Waals surface area contributed by atoms with E-state index in [4.69, 9.17) is 5.73 Å². The lowest BCUT2D eigenvalue weighted by Crippen LogP contribution is -2.13. The molecule has 2 rings (SSSR count). The Bertz CT molecular complexity index is 445. The molecule has 2 N–H and O–H groups in total. The van der Waals surface area contributed by atoms with Crippen molar-refractivity contribution in [3.63, 3.8) is 0 Å². The van der Waals surface area contributed by atoms with Gasteiger partial charge in [-0.2, -0.15) is 0 Å². The normalized spacial score (nSPS) is 11.4. The minimum absolute atomic E-state index is 0.710. The molecule has 0 spiro atoms. The average Bonchev–Trinajstić information content (AvgIpc) is 2.47. The molecule has 0 aliphatic carbocycles. The van der Waals surface area contributed by atoms with Crippen molar-refractivity contribution in [3.05, 3.63) is 24.2 Å². The molecule has 0 saturated heterocycles. The van der Waals surface area contributed by atoms with Gasteiger partial charge in [0, 0.05) is 18.0 Å². The molecule has 5 nitrogen and oxygen atoms in total. The van der Waals surface area contributed by atoms with Gasteiger partial charge in [-0.3, -0.25) is 4.40 Å². The van der Waals surface area contributed by atoms with E-state index in [1.54, 1.807) is 0 Å². The molecular formula is C9H13N5. The van der Waals surface area contributed by atoms with Gasteiger partial charge in [0.2, 0.25) is 0 Å². The number of aromatic nitrogens is 3. The second-order valence-electron chi connectivity index (χ2n) is 3.54. The third-order valence-electron chi connectivity index (χ3n) is 1.96. The van der Waals surface area contributed by atoms with Crippen LogP contribution in [0.5, 0.6) is 0 Å². The Kier molecular flexibility index (Phi) is 2.09. The number of rotatable bonds is 2. The first-order chi connectivity index (χ1) is 6.66. The fourth-order valence-electron chi connectivity index (χ4n) is 1.35. The molecule has 5 heteroatoms. The minimum Gasteiger partial charge on any atom is -0.399 e. The predicted molar refractivity (Wildman–Crippen MR) is 54.8 cm³/mol. The Morgan fingerprint density at radius 3 is 2.93 bits per heavy atom. The van der Waals surface area contributed by atoms with Gasteiger partial charge in [-0.25, -0.2) is 0 Å². The smallest absolute Gasteiger partial charge is 0.162 e. The lowest BCUT2D eigenvalue weighted by Gasteiger charge is -2.07. The largest absolute Gasteiger partial charge is 0.399 e. The zero-order chi connectivity index (χ0) is 10.1. The zero-order valence-corrected chi connectivity index (χ0v) is 8.31. The van der Waals surface area contributed by atoms with Crippen LogP contribution in [0.1, 0.15) is 5.82 Å². The van der Waals surface area contributed by atoms with Gasteiger partial charge in [0.1, 0.15) is 0 Å². The highest BCUT2D eigenvalue weighted by Crippen LogP contribution is 2.09. The molecule has 0 unspecified atom stereocenters. The van der Waals surface area contributed by atoms with Crippen LogP contribution in [0.3, 0.4) is 0 Å². The molecule has 0 bridgehead atoms. The quantitative estimate of drug-likeness (QED) is 0.745. The number of nitrogen functional groups attached to an aromatic ring is 1. The molecule has 0 aliphatic rings. The Labute approximate surface area is 82.2 Å². The summed E-state index contributed by atoms with van der Waals surface area (Å²) in [7, 11) is 4.00. The number of pyridine rings is 1. The fourth-order valence-corrected chi connectivity index (χ4v) is 1.35. The Morgan fingerprint density at radius 2 is 2.21 bits per heavy atom. The van der Waals surface area contributed by atoms with Gasteiger partial charge in [0.25, 0.3) is 0 Å². The van der Waals surface area contributed by atoms with E-state index in [9.17, 15) is 0 Å². The van der Waals surface area contributed by atoms with Crippen molar-refractivity contribution in [2.24, 2.45) is 0 Å². The second kappa shape index (κ2) is 3.26. The SMILES string of the molecule is CN(C)Cc1nnc2cc(N)ccn12. The number of anilines is 1. The van der Waals surface area contributed by atoms with Gasteiger partial charge in [-0.15, -0.1) is 10.2 Å². The molecular weight excluding hydrogens is 178 g/mol. The number of hydrogen-bond acceptors (Lipinski definition) is 4. The third kappa shape index (κ3) is 1.54. The van der Waals surface area contributed by atoms with Crippen molar-refractivity contribution in [3.8, 4) is 0 Å². The highest BCUT2D eigenvalue weighted by Gasteiger charge is 2.05. The van der Waals surface area contributed by atoms with E-state index in [0.717, 1.165) is 18.0 Å². The molecule has 14 heavy (non-hydrogen) atoms. The minimum atomic E-state index is 0.710. The van der Waals surface area contributed by atoms with Crippen molar-refractivity contribution < 1.29 is 0 Å². The van der Waals surface area contributed by atoms with E-state index in [1.165, 1.54) is 0 Å². The van der Waals surface area contributed by atoms with Crippen LogP contribution in [0, 0.1) is 0 Å². The van der Waals surface area contributed by atoms with E-state index >= 15 is 0 Å². The van der Waals surface area contributed by atoms with Crippen LogP contribution >= 0.6 is 0 Å². The molecule has 2 aromatic rings. The van der Waals surface area contributed by atoms with Gasteiger partial charge in [-0.05, 0) is 20.2 Å². The summed E-state index contributed by atoms with van der Waals surface area (Å²) < 4.78 is 1.94. The van der Waals surface area contributed by atoms with Crippen LogP contribution in [-0.4, -0.2) is 33.6 Å². The van der Waals surface area contributed by atoms with Crippen molar-refractivity contribution in [2.75, 3.05) is 19.8 Å². The third-order valence-corrected chi connectivity index (χ3v) is 1.96. The van der Waals surface area contributed by atoms with Crippen molar-refractivity contribution in [1.29, 1.82) is 0 Å². The van der Waals surface area contributed by atoms with Crippen LogP contribution < -0.4 is 5.73 Å². The molecule has 0 saturated carbocycles. The summed E-state index contributed by atoms with van der Waals surface area (Å²) in [5.41, 5.74) is 7.15. The molecule has 2 aromatic heterocycles. The van der Waals surface area contributed by atoms with Crippen LogP contribution in [0.2, 0.25) is 0 Å². The Hall–Kier alpha value is -1.62. The highest BCUT2D eigenvalue weighted by atomic mass is 15.3. The molecule has 0 amide bonds. The summed E-state index contributed by atoms with van der Waals surface area (Å²) in [5.74, 6) is 0.921. The standard InChI is InChI=1S/C9H13N5/c1-13(2)6-9-12-11-8-5-7(10)3-4-14(8)9/h3-5H,6,10H2,1-2H3. The fraction of sp³-hybridized carbons (Fsp3) is 0.333. The first kappa shape index (κ1) is 8.96. The number of nitrogens with two attached hydrogens (primary N) is 1. The lowest BCUT2D eigenvalue weighted by molar-refractivity contribution is 0.388. The van der Waals surface area contributed by atoms with E-state index in [0.29, 0.717) is 5.69 Å². The van der Waals surface area contributed by atoms with Gasteiger partial charge < -0.3 is 10.6 Å². The maximum Gasteiger partial charge on any atom is 0.162 e. The summed E-state index contributed by atoms with van der Waals surface area (Å²) in [6, 6.07) is 3.65. The summed E-state index contributed by atoms with van der Waals surface area (Å²) in [6.45, 7) is 0.769. The maximum absolute atomic E-state index is 5.64. The van der Waals surface area contributed by atoms with E-state index in [-0.39, 0.29) is 0 Å². The number of hydrogen-bond donors (Lipinski definition) is 1. The monoisotopic (exact) mass is 191 g/mol. The maximum atomic E-state index is 5.64. The van der Waals surface area contributed by atoms with Crippen LogP contribution in [0.25, 0.3) is 5.65 Å². The van der Waals surface area contributed by atoms with Gasteiger partial charge in [0.05, 0.1) is 6.54 Å². The first-order valence-corrected chi connectivity index (χ1v) is 4.40. The van der Waals surface area contributed by atoms with Gasteiger partial charge in [-0.1, -0.05) is 0 Å². The summed E-state index contributed by atoms with van der Waals surface area (Å²) in [5, 5.41) is 8.13. The van der Waals surface area contributed by atoms with Crippen LogP contribution in [-0.2, 0) is 6.54 Å². The van der Waals surface area contributed by atoms with Crippen molar-refractivity contribution >= 4 is 11.3 Å². The van der Waals surface area contributed by atoms with Crippen molar-refractivity contribution in [1.82, 2.24) is 19.5 Å². The molecule has 2 heterocycles. The van der Waals surface area contributed by atoms with E-state index in [2.05, 4.69) is 10.2 Å². The predicted octanol–water partition coefficient (Wildman–Crippen LogP) is 0.373. The molecule has 0 fully saturated rings. The zero-order valence-electron chi connectivity index (χ0n) is 8.31.